The van der Waals surface area contributed by atoms with Gasteiger partial charge in [-0.05, 0) is 44.2 Å². The fourth-order valence-corrected chi connectivity index (χ4v) is 3.87. The molecule has 0 fully saturated rings. The zero-order valence-corrected chi connectivity index (χ0v) is 16.6. The molecule has 0 aliphatic carbocycles. The first-order valence-corrected chi connectivity index (χ1v) is 10.1. The Morgan fingerprint density at radius 1 is 1.21 bits per heavy atom. The minimum atomic E-state index is -3.67. The van der Waals surface area contributed by atoms with Crippen LogP contribution in [0.5, 0.6) is 0 Å². The highest BCUT2D eigenvalue weighted by Gasteiger charge is 2.23. The highest BCUT2D eigenvalue weighted by atomic mass is 32.2. The van der Waals surface area contributed by atoms with Crippen molar-refractivity contribution < 1.29 is 13.2 Å². The van der Waals surface area contributed by atoms with Crippen LogP contribution in [0.3, 0.4) is 0 Å². The van der Waals surface area contributed by atoms with Crippen molar-refractivity contribution in [3.63, 3.8) is 0 Å². The number of hydrogen-bond donors (Lipinski definition) is 1. The molecule has 8 nitrogen and oxygen atoms in total. The Balaban J connectivity index is 1.78. The van der Waals surface area contributed by atoms with Crippen molar-refractivity contribution in [3.05, 3.63) is 66.9 Å². The van der Waals surface area contributed by atoms with Crippen LogP contribution in [0.4, 0.5) is 5.69 Å². The van der Waals surface area contributed by atoms with Crippen LogP contribution < -0.4 is 5.32 Å². The third-order valence-electron chi connectivity index (χ3n) is 4.28. The summed E-state index contributed by atoms with van der Waals surface area (Å²) in [5.41, 5.74) is 0.748. The van der Waals surface area contributed by atoms with Gasteiger partial charge >= 0.3 is 0 Å². The second kappa shape index (κ2) is 7.91. The average molecular weight is 399 g/mol. The van der Waals surface area contributed by atoms with Crippen molar-refractivity contribution in [1.29, 1.82) is 0 Å². The van der Waals surface area contributed by atoms with Gasteiger partial charge in [0.2, 0.25) is 10.0 Å². The van der Waals surface area contributed by atoms with Crippen LogP contribution in [0.2, 0.25) is 0 Å². The van der Waals surface area contributed by atoms with Gasteiger partial charge in [0.1, 0.15) is 12.1 Å². The number of rotatable bonds is 6. The molecule has 0 bridgehead atoms. The summed E-state index contributed by atoms with van der Waals surface area (Å²) in [7, 11) is -2.15. The SMILES string of the molecule is CC(C)N(C)S(=O)(=O)c1cccc(C(=O)Nc2ccc(-n3ccnc3)nc2)c1. The van der Waals surface area contributed by atoms with Crippen LogP contribution in [-0.4, -0.2) is 46.3 Å². The smallest absolute Gasteiger partial charge is 0.255 e. The number of nitrogens with one attached hydrogen (secondary N) is 1. The van der Waals surface area contributed by atoms with Gasteiger partial charge in [-0.3, -0.25) is 9.36 Å². The van der Waals surface area contributed by atoms with Crippen molar-refractivity contribution in [2.24, 2.45) is 0 Å². The van der Waals surface area contributed by atoms with Gasteiger partial charge in [0, 0.05) is 31.0 Å². The monoisotopic (exact) mass is 399 g/mol. The number of pyridine rings is 1. The molecule has 0 saturated heterocycles. The number of carbonyl (C=O) groups excluding carboxylic acids is 1. The number of amides is 1. The van der Waals surface area contributed by atoms with Crippen LogP contribution in [-0.2, 0) is 10.0 Å². The second-order valence-electron chi connectivity index (χ2n) is 6.47. The molecule has 9 heteroatoms. The number of sulfonamides is 1. The number of nitrogens with zero attached hydrogens (tertiary/aromatic N) is 4. The van der Waals surface area contributed by atoms with E-state index in [1.165, 1.54) is 29.7 Å². The van der Waals surface area contributed by atoms with Crippen LogP contribution >= 0.6 is 0 Å². The molecule has 28 heavy (non-hydrogen) atoms. The molecule has 1 aromatic carbocycles. The third-order valence-corrected chi connectivity index (χ3v) is 6.30. The molecule has 1 amide bonds. The van der Waals surface area contributed by atoms with Gasteiger partial charge in [0.05, 0.1) is 16.8 Å². The Morgan fingerprint density at radius 3 is 2.61 bits per heavy atom. The Bertz CT molecular complexity index is 1060. The predicted octanol–water partition coefficient (Wildman–Crippen LogP) is 2.55. The molecule has 0 unspecified atom stereocenters. The molecular weight excluding hydrogens is 378 g/mol. The summed E-state index contributed by atoms with van der Waals surface area (Å²) in [5.74, 6) is 0.252. The molecular formula is C19H21N5O3S. The molecule has 3 rings (SSSR count). The van der Waals surface area contributed by atoms with Crippen molar-refractivity contribution in [3.8, 4) is 5.82 Å². The second-order valence-corrected chi connectivity index (χ2v) is 8.47. The standard InChI is InChI=1S/C19H21N5O3S/c1-14(2)23(3)28(26,27)17-6-4-5-15(11-17)19(25)22-16-7-8-18(21-12-16)24-10-9-20-13-24/h4-14H,1-3H3,(H,22,25). The van der Waals surface area contributed by atoms with E-state index in [2.05, 4.69) is 15.3 Å². The Hall–Kier alpha value is -3.04. The van der Waals surface area contributed by atoms with Gasteiger partial charge in [-0.15, -0.1) is 0 Å². The quantitative estimate of drug-likeness (QED) is 0.687. The molecule has 1 N–H and O–H groups in total. The van der Waals surface area contributed by atoms with E-state index < -0.39 is 15.9 Å². The molecule has 3 aromatic rings. The minimum absolute atomic E-state index is 0.0740. The van der Waals surface area contributed by atoms with E-state index in [1.54, 1.807) is 61.4 Å². The van der Waals surface area contributed by atoms with Crippen LogP contribution in [0.1, 0.15) is 24.2 Å². The van der Waals surface area contributed by atoms with E-state index in [1.807, 2.05) is 0 Å². The van der Waals surface area contributed by atoms with Gasteiger partial charge in [0.25, 0.3) is 5.91 Å². The van der Waals surface area contributed by atoms with Crippen LogP contribution in [0, 0.1) is 0 Å². The molecule has 0 saturated carbocycles. The van der Waals surface area contributed by atoms with E-state index >= 15 is 0 Å². The summed E-state index contributed by atoms with van der Waals surface area (Å²) in [4.78, 5) is 20.9. The van der Waals surface area contributed by atoms with Crippen LogP contribution in [0.15, 0.2) is 66.2 Å². The summed E-state index contributed by atoms with van der Waals surface area (Å²) in [6.45, 7) is 3.57. The molecule has 0 atom stereocenters. The lowest BCUT2D eigenvalue weighted by Crippen LogP contribution is -2.33. The summed E-state index contributed by atoms with van der Waals surface area (Å²) in [6, 6.07) is 9.24. The number of carbonyl (C=O) groups is 1. The number of imidazole rings is 1. The summed E-state index contributed by atoms with van der Waals surface area (Å²) in [5, 5.41) is 2.73. The molecule has 0 spiro atoms. The van der Waals surface area contributed by atoms with Gasteiger partial charge in [0.15, 0.2) is 0 Å². The number of benzene rings is 1. The lowest BCUT2D eigenvalue weighted by molar-refractivity contribution is 0.102. The molecule has 0 radical (unpaired) electrons. The van der Waals surface area contributed by atoms with Gasteiger partial charge in [-0.2, -0.15) is 4.31 Å². The maximum Gasteiger partial charge on any atom is 0.255 e. The first-order chi connectivity index (χ1) is 13.3. The Morgan fingerprint density at radius 2 is 2.00 bits per heavy atom. The highest BCUT2D eigenvalue weighted by Crippen LogP contribution is 2.19. The molecule has 146 valence electrons. The fraction of sp³-hybridized carbons (Fsp3) is 0.211. The van der Waals surface area contributed by atoms with Gasteiger partial charge in [-0.25, -0.2) is 18.4 Å². The van der Waals surface area contributed by atoms with E-state index in [4.69, 9.17) is 0 Å². The van der Waals surface area contributed by atoms with E-state index in [0.29, 0.717) is 11.5 Å². The zero-order chi connectivity index (χ0) is 20.3. The lowest BCUT2D eigenvalue weighted by atomic mass is 10.2. The minimum Gasteiger partial charge on any atom is -0.321 e. The first-order valence-electron chi connectivity index (χ1n) is 8.63. The van der Waals surface area contributed by atoms with Crippen LogP contribution in [0.25, 0.3) is 5.82 Å². The van der Waals surface area contributed by atoms with Crippen molar-refractivity contribution >= 4 is 21.6 Å². The summed E-state index contributed by atoms with van der Waals surface area (Å²) >= 11 is 0. The average Bonchev–Trinajstić information content (AvgIpc) is 3.22. The molecule has 2 heterocycles. The normalized spacial score (nSPS) is 11.8. The number of hydrogen-bond acceptors (Lipinski definition) is 5. The predicted molar refractivity (Wildman–Crippen MR) is 106 cm³/mol. The topological polar surface area (TPSA) is 97.2 Å². The zero-order valence-electron chi connectivity index (χ0n) is 15.8. The van der Waals surface area contributed by atoms with E-state index in [9.17, 15) is 13.2 Å². The molecule has 0 aliphatic rings. The lowest BCUT2D eigenvalue weighted by Gasteiger charge is -2.21. The maximum atomic E-state index is 12.6. The van der Waals surface area contributed by atoms with Crippen molar-refractivity contribution in [1.82, 2.24) is 18.8 Å². The number of anilines is 1. The van der Waals surface area contributed by atoms with Crippen molar-refractivity contribution in [2.45, 2.75) is 24.8 Å². The van der Waals surface area contributed by atoms with Gasteiger partial charge in [-0.1, -0.05) is 6.07 Å². The molecule has 0 aliphatic heterocycles. The van der Waals surface area contributed by atoms with E-state index in [0.717, 1.165) is 0 Å². The Kier molecular flexibility index (Phi) is 5.57. The first kappa shape index (κ1) is 19.7. The number of aromatic nitrogens is 3. The Labute approximate surface area is 163 Å². The van der Waals surface area contributed by atoms with Gasteiger partial charge < -0.3 is 5.32 Å². The summed E-state index contributed by atoms with van der Waals surface area (Å²) < 4.78 is 28.3. The maximum absolute atomic E-state index is 12.6. The largest absolute Gasteiger partial charge is 0.321 e. The van der Waals surface area contributed by atoms with E-state index in [-0.39, 0.29) is 16.5 Å². The highest BCUT2D eigenvalue weighted by molar-refractivity contribution is 7.89. The fourth-order valence-electron chi connectivity index (χ4n) is 2.45. The third kappa shape index (κ3) is 4.10. The summed E-state index contributed by atoms with van der Waals surface area (Å²) in [6.07, 6.45) is 6.57. The van der Waals surface area contributed by atoms with Crippen molar-refractivity contribution in [2.75, 3.05) is 12.4 Å². The molecule has 2 aromatic heterocycles.